The van der Waals surface area contributed by atoms with E-state index in [0.29, 0.717) is 6.42 Å². The highest BCUT2D eigenvalue weighted by Crippen LogP contribution is 2.32. The van der Waals surface area contributed by atoms with Crippen LogP contribution in [0.2, 0.25) is 0 Å². The summed E-state index contributed by atoms with van der Waals surface area (Å²) in [6.07, 6.45) is 0.716. The number of hydrogen-bond donors (Lipinski definition) is 2. The molecular weight excluding hydrogens is 464 g/mol. The van der Waals surface area contributed by atoms with Crippen molar-refractivity contribution < 1.29 is 4.74 Å². The molecule has 1 atom stereocenters. The standard InChI is InChI=1S/C15H15Br3N2O/c1-21-15-5-3-10(16)6-9(15)7-14(20-19)12-8-11(17)2-4-13(12)18/h2-6,8,14,20H,7,19H2,1H3. The van der Waals surface area contributed by atoms with E-state index < -0.39 is 0 Å². The summed E-state index contributed by atoms with van der Waals surface area (Å²) in [5.41, 5.74) is 5.06. The zero-order valence-corrected chi connectivity index (χ0v) is 16.1. The molecule has 0 fully saturated rings. The van der Waals surface area contributed by atoms with Gasteiger partial charge in [-0.05, 0) is 53.9 Å². The molecule has 6 heteroatoms. The predicted molar refractivity (Wildman–Crippen MR) is 96.3 cm³/mol. The van der Waals surface area contributed by atoms with E-state index in [-0.39, 0.29) is 6.04 Å². The van der Waals surface area contributed by atoms with Gasteiger partial charge in [0.2, 0.25) is 0 Å². The van der Waals surface area contributed by atoms with Crippen molar-refractivity contribution in [3.63, 3.8) is 0 Å². The van der Waals surface area contributed by atoms with E-state index in [2.05, 4.69) is 65.3 Å². The summed E-state index contributed by atoms with van der Waals surface area (Å²) in [5, 5.41) is 0. The quantitative estimate of drug-likeness (QED) is 0.482. The Labute approximate surface area is 149 Å². The largest absolute Gasteiger partial charge is 0.496 e. The maximum absolute atomic E-state index is 5.76. The van der Waals surface area contributed by atoms with Crippen molar-refractivity contribution in [3.8, 4) is 5.75 Å². The SMILES string of the molecule is COc1ccc(Br)cc1CC(NN)c1cc(Br)ccc1Br. The molecule has 0 saturated heterocycles. The molecule has 21 heavy (non-hydrogen) atoms. The first kappa shape index (κ1) is 17.0. The lowest BCUT2D eigenvalue weighted by Crippen LogP contribution is -2.30. The van der Waals surface area contributed by atoms with Crippen LogP contribution < -0.4 is 16.0 Å². The number of hydrazine groups is 1. The number of rotatable bonds is 5. The Hall–Kier alpha value is -0.400. The van der Waals surface area contributed by atoms with Crippen molar-refractivity contribution in [2.24, 2.45) is 5.84 Å². The fourth-order valence-corrected chi connectivity index (χ4v) is 3.48. The Kier molecular flexibility index (Phi) is 6.25. The first-order chi connectivity index (χ1) is 10.0. The molecule has 0 aliphatic carbocycles. The van der Waals surface area contributed by atoms with E-state index in [0.717, 1.165) is 30.3 Å². The Morgan fingerprint density at radius 2 is 1.76 bits per heavy atom. The van der Waals surface area contributed by atoms with Gasteiger partial charge < -0.3 is 4.74 Å². The van der Waals surface area contributed by atoms with Crippen LogP contribution in [-0.2, 0) is 6.42 Å². The Bertz CT molecular complexity index is 634. The highest BCUT2D eigenvalue weighted by atomic mass is 79.9. The highest BCUT2D eigenvalue weighted by molar-refractivity contribution is 9.11. The molecule has 112 valence electrons. The molecule has 2 rings (SSSR count). The minimum absolute atomic E-state index is 0.0277. The van der Waals surface area contributed by atoms with Crippen molar-refractivity contribution in [2.45, 2.75) is 12.5 Å². The van der Waals surface area contributed by atoms with E-state index in [1.807, 2.05) is 24.3 Å². The molecule has 0 aliphatic heterocycles. The lowest BCUT2D eigenvalue weighted by atomic mass is 9.99. The summed E-state index contributed by atoms with van der Waals surface area (Å²) in [4.78, 5) is 0. The second kappa shape index (κ2) is 7.74. The van der Waals surface area contributed by atoms with Crippen LogP contribution in [0.25, 0.3) is 0 Å². The van der Waals surface area contributed by atoms with Crippen molar-refractivity contribution >= 4 is 47.8 Å². The van der Waals surface area contributed by atoms with Crippen molar-refractivity contribution in [3.05, 3.63) is 60.9 Å². The molecule has 1 unspecified atom stereocenters. The van der Waals surface area contributed by atoms with Crippen molar-refractivity contribution in [1.29, 1.82) is 0 Å². The zero-order valence-electron chi connectivity index (χ0n) is 11.4. The molecule has 0 bridgehead atoms. The smallest absolute Gasteiger partial charge is 0.122 e. The van der Waals surface area contributed by atoms with Crippen LogP contribution in [0, 0.1) is 0 Å². The van der Waals surface area contributed by atoms with Gasteiger partial charge in [0, 0.05) is 13.4 Å². The van der Waals surface area contributed by atoms with Crippen molar-refractivity contribution in [1.82, 2.24) is 5.43 Å². The summed E-state index contributed by atoms with van der Waals surface area (Å²) in [6.45, 7) is 0. The number of nitrogens with two attached hydrogens (primary N) is 1. The lowest BCUT2D eigenvalue weighted by molar-refractivity contribution is 0.405. The minimum Gasteiger partial charge on any atom is -0.496 e. The van der Waals surface area contributed by atoms with Crippen molar-refractivity contribution in [2.75, 3.05) is 7.11 Å². The molecule has 0 amide bonds. The van der Waals surface area contributed by atoms with Crippen LogP contribution in [0.1, 0.15) is 17.2 Å². The molecule has 0 saturated carbocycles. The third kappa shape index (κ3) is 4.29. The van der Waals surface area contributed by atoms with Gasteiger partial charge in [0.05, 0.1) is 13.2 Å². The molecule has 0 radical (unpaired) electrons. The monoisotopic (exact) mass is 476 g/mol. The van der Waals surface area contributed by atoms with E-state index in [9.17, 15) is 0 Å². The number of ether oxygens (including phenoxy) is 1. The Morgan fingerprint density at radius 1 is 1.10 bits per heavy atom. The summed E-state index contributed by atoms with van der Waals surface area (Å²) in [6, 6.07) is 12.0. The molecule has 2 aromatic carbocycles. The maximum Gasteiger partial charge on any atom is 0.122 e. The molecule has 0 heterocycles. The molecule has 3 nitrogen and oxygen atoms in total. The molecule has 0 spiro atoms. The third-order valence-corrected chi connectivity index (χ3v) is 4.91. The van der Waals surface area contributed by atoms with Gasteiger partial charge in [-0.2, -0.15) is 0 Å². The maximum atomic E-state index is 5.76. The molecule has 0 aromatic heterocycles. The van der Waals surface area contributed by atoms with Gasteiger partial charge in [-0.15, -0.1) is 0 Å². The Morgan fingerprint density at radius 3 is 2.43 bits per heavy atom. The minimum atomic E-state index is -0.0277. The number of benzene rings is 2. The molecular formula is C15H15Br3N2O. The fraction of sp³-hybridized carbons (Fsp3) is 0.200. The number of methoxy groups -OCH3 is 1. The third-order valence-electron chi connectivity index (χ3n) is 3.20. The molecule has 3 N–H and O–H groups in total. The van der Waals surface area contributed by atoms with Gasteiger partial charge in [-0.1, -0.05) is 47.8 Å². The van der Waals surface area contributed by atoms with Crippen LogP contribution in [-0.4, -0.2) is 7.11 Å². The van der Waals surface area contributed by atoms with Crippen LogP contribution in [0.3, 0.4) is 0 Å². The second-order valence-electron chi connectivity index (χ2n) is 4.55. The van der Waals surface area contributed by atoms with Crippen LogP contribution in [0.5, 0.6) is 5.75 Å². The number of halogens is 3. The van der Waals surface area contributed by atoms with Gasteiger partial charge >= 0.3 is 0 Å². The lowest BCUT2D eigenvalue weighted by Gasteiger charge is -2.20. The van der Waals surface area contributed by atoms with E-state index in [1.165, 1.54) is 0 Å². The number of nitrogens with one attached hydrogen (secondary N) is 1. The normalized spacial score (nSPS) is 12.2. The fourth-order valence-electron chi connectivity index (χ4n) is 2.17. The van der Waals surface area contributed by atoms with Gasteiger partial charge in [0.25, 0.3) is 0 Å². The van der Waals surface area contributed by atoms with Gasteiger partial charge in [0.1, 0.15) is 5.75 Å². The highest BCUT2D eigenvalue weighted by Gasteiger charge is 2.16. The van der Waals surface area contributed by atoms with Gasteiger partial charge in [-0.3, -0.25) is 11.3 Å². The van der Waals surface area contributed by atoms with Crippen LogP contribution in [0.4, 0.5) is 0 Å². The molecule has 0 aliphatic rings. The van der Waals surface area contributed by atoms with Gasteiger partial charge in [0.15, 0.2) is 0 Å². The summed E-state index contributed by atoms with van der Waals surface area (Å²) in [7, 11) is 1.67. The second-order valence-corrected chi connectivity index (χ2v) is 7.23. The summed E-state index contributed by atoms with van der Waals surface area (Å²) < 4.78 is 8.47. The summed E-state index contributed by atoms with van der Waals surface area (Å²) >= 11 is 10.6. The molecule has 2 aromatic rings. The average molecular weight is 479 g/mol. The van der Waals surface area contributed by atoms with Crippen LogP contribution in [0.15, 0.2) is 49.8 Å². The first-order valence-electron chi connectivity index (χ1n) is 6.28. The first-order valence-corrected chi connectivity index (χ1v) is 8.66. The van der Waals surface area contributed by atoms with E-state index >= 15 is 0 Å². The van der Waals surface area contributed by atoms with E-state index in [1.54, 1.807) is 7.11 Å². The zero-order chi connectivity index (χ0) is 15.4. The Balaban J connectivity index is 2.35. The topological polar surface area (TPSA) is 47.3 Å². The summed E-state index contributed by atoms with van der Waals surface area (Å²) in [5.74, 6) is 6.61. The van der Waals surface area contributed by atoms with Gasteiger partial charge in [-0.25, -0.2) is 0 Å². The average Bonchev–Trinajstić information content (AvgIpc) is 2.47. The number of hydrogen-bond acceptors (Lipinski definition) is 3. The van der Waals surface area contributed by atoms with E-state index in [4.69, 9.17) is 10.6 Å². The van der Waals surface area contributed by atoms with Crippen LogP contribution >= 0.6 is 47.8 Å². The predicted octanol–water partition coefficient (Wildman–Crippen LogP) is 4.73.